The summed E-state index contributed by atoms with van der Waals surface area (Å²) in [4.78, 5) is 31.2. The van der Waals surface area contributed by atoms with E-state index in [2.05, 4.69) is 45.4 Å². The normalized spacial score (nSPS) is 49.8. The summed E-state index contributed by atoms with van der Waals surface area (Å²) in [6.07, 6.45) is 16.0. The van der Waals surface area contributed by atoms with Crippen LogP contribution in [-0.2, 0) is 9.59 Å². The van der Waals surface area contributed by atoms with Crippen molar-refractivity contribution in [3.8, 4) is 12.3 Å². The largest absolute Gasteiger partial charge is 0.307 e. The lowest BCUT2D eigenvalue weighted by molar-refractivity contribution is -0.216. The predicted octanol–water partition coefficient (Wildman–Crippen LogP) is 7.27. The van der Waals surface area contributed by atoms with Crippen LogP contribution in [0.3, 0.4) is 0 Å². The molecule has 4 saturated carbocycles. The van der Waals surface area contributed by atoms with Crippen molar-refractivity contribution < 1.29 is 9.59 Å². The van der Waals surface area contributed by atoms with E-state index in [-0.39, 0.29) is 62.2 Å². The maximum Gasteiger partial charge on any atom is 0.226 e. The molecule has 0 N–H and O–H groups in total. The van der Waals surface area contributed by atoms with Crippen molar-refractivity contribution in [2.45, 2.75) is 99.8 Å². The number of fused-ring (bicyclic) bond motifs is 7. The SMILES string of the molecule is [C-]#[N+]C1=C[C@]2(C)[C@H]3CC(=O)[C@@H]4[C@@H]5CC(C)(C)CC[C@]5(C#C)CC[C@@]4(C)[C@]3(C)CC[C@H]2C(C)(C)C1=O. The molecule has 4 fully saturated rings. The average Bonchev–Trinajstić information content (AvgIpc) is 2.77. The summed E-state index contributed by atoms with van der Waals surface area (Å²) in [5, 5.41) is 0. The first-order chi connectivity index (χ1) is 16.1. The van der Waals surface area contributed by atoms with Crippen molar-refractivity contribution in [2.24, 2.45) is 56.2 Å². The molecular weight excluding hydrogens is 430 g/mol. The number of hydrogen-bond acceptors (Lipinski definition) is 2. The molecule has 0 heterocycles. The van der Waals surface area contributed by atoms with Gasteiger partial charge in [-0.3, -0.25) is 4.79 Å². The van der Waals surface area contributed by atoms with Crippen molar-refractivity contribution in [1.29, 1.82) is 0 Å². The molecule has 3 heteroatoms. The summed E-state index contributed by atoms with van der Waals surface area (Å²) in [6, 6.07) is 0. The van der Waals surface area contributed by atoms with E-state index in [1.807, 2.05) is 19.9 Å². The minimum absolute atomic E-state index is 0.0100. The lowest BCUT2D eigenvalue weighted by atomic mass is 9.32. The molecule has 0 bridgehead atoms. The van der Waals surface area contributed by atoms with Crippen LogP contribution in [0, 0.1) is 75.1 Å². The van der Waals surface area contributed by atoms with Gasteiger partial charge in [0.15, 0.2) is 5.78 Å². The maximum absolute atomic E-state index is 14.3. The van der Waals surface area contributed by atoms with Crippen LogP contribution in [-0.4, -0.2) is 11.6 Å². The minimum Gasteiger partial charge on any atom is -0.307 e. The highest BCUT2D eigenvalue weighted by molar-refractivity contribution is 6.02. The minimum atomic E-state index is -0.579. The molecule has 188 valence electrons. The molecule has 0 aromatic carbocycles. The summed E-state index contributed by atoms with van der Waals surface area (Å²) in [7, 11) is 0. The second-order valence-electron chi connectivity index (χ2n) is 15.0. The fourth-order valence-corrected chi connectivity index (χ4v) is 10.5. The number of allylic oxidation sites excluding steroid dienone is 2. The summed E-state index contributed by atoms with van der Waals surface area (Å²) < 4.78 is 0. The number of Topliss-reactive ketones (excluding diaryl/α,β-unsaturated/α-hetero) is 2. The second kappa shape index (κ2) is 7.12. The molecule has 3 nitrogen and oxygen atoms in total. The molecule has 0 spiro atoms. The van der Waals surface area contributed by atoms with Gasteiger partial charge in [0.1, 0.15) is 5.78 Å². The van der Waals surface area contributed by atoms with E-state index in [9.17, 15) is 9.59 Å². The highest BCUT2D eigenvalue weighted by Gasteiger charge is 2.71. The first kappa shape index (κ1) is 24.8. The third kappa shape index (κ3) is 2.91. The van der Waals surface area contributed by atoms with E-state index in [1.54, 1.807) is 0 Å². The van der Waals surface area contributed by atoms with Gasteiger partial charge in [0, 0.05) is 23.2 Å². The topological polar surface area (TPSA) is 38.5 Å². The summed E-state index contributed by atoms with van der Waals surface area (Å²) in [6.45, 7) is 23.6. The molecule has 5 aliphatic rings. The van der Waals surface area contributed by atoms with Gasteiger partial charge in [-0.2, -0.15) is 0 Å². The van der Waals surface area contributed by atoms with Crippen LogP contribution in [0.5, 0.6) is 0 Å². The van der Waals surface area contributed by atoms with E-state index in [4.69, 9.17) is 13.0 Å². The van der Waals surface area contributed by atoms with Crippen molar-refractivity contribution in [2.75, 3.05) is 0 Å². The number of carbonyl (C=O) groups excluding carboxylic acids is 2. The molecule has 0 saturated heterocycles. The van der Waals surface area contributed by atoms with E-state index >= 15 is 0 Å². The molecule has 0 radical (unpaired) electrons. The average molecular weight is 474 g/mol. The molecule has 35 heavy (non-hydrogen) atoms. The Morgan fingerprint density at radius 1 is 0.943 bits per heavy atom. The van der Waals surface area contributed by atoms with Crippen molar-refractivity contribution in [3.05, 3.63) is 23.2 Å². The van der Waals surface area contributed by atoms with Crippen LogP contribution in [0.1, 0.15) is 99.8 Å². The lowest BCUT2D eigenvalue weighted by Crippen LogP contribution is -2.68. The molecule has 0 amide bonds. The van der Waals surface area contributed by atoms with Gasteiger partial charge in [-0.25, -0.2) is 4.85 Å². The van der Waals surface area contributed by atoms with E-state index in [0.717, 1.165) is 44.9 Å². The Morgan fingerprint density at radius 2 is 1.60 bits per heavy atom. The van der Waals surface area contributed by atoms with Crippen LogP contribution in [0.4, 0.5) is 0 Å². The van der Waals surface area contributed by atoms with Crippen molar-refractivity contribution >= 4 is 11.6 Å². The van der Waals surface area contributed by atoms with Gasteiger partial charge in [0.05, 0.1) is 6.57 Å². The first-order valence-electron chi connectivity index (χ1n) is 13.8. The Kier molecular flexibility index (Phi) is 5.05. The molecule has 5 rings (SSSR count). The fraction of sp³-hybridized carbons (Fsp3) is 0.781. The molecule has 0 unspecified atom stereocenters. The zero-order valence-corrected chi connectivity index (χ0v) is 22.9. The molecule has 8 atom stereocenters. The van der Waals surface area contributed by atoms with Gasteiger partial charge >= 0.3 is 0 Å². The Morgan fingerprint density at radius 3 is 2.23 bits per heavy atom. The number of ketones is 2. The third-order valence-corrected chi connectivity index (χ3v) is 12.7. The van der Waals surface area contributed by atoms with Crippen LogP contribution < -0.4 is 0 Å². The Labute approximate surface area is 212 Å². The van der Waals surface area contributed by atoms with Crippen LogP contribution >= 0.6 is 0 Å². The Hall–Kier alpha value is -1.87. The number of carbonyl (C=O) groups is 2. The van der Waals surface area contributed by atoms with Crippen LogP contribution in [0.2, 0.25) is 0 Å². The smallest absolute Gasteiger partial charge is 0.226 e. The summed E-state index contributed by atoms with van der Waals surface area (Å²) >= 11 is 0. The van der Waals surface area contributed by atoms with Crippen molar-refractivity contribution in [3.63, 3.8) is 0 Å². The number of hydrogen-bond donors (Lipinski definition) is 0. The zero-order valence-electron chi connectivity index (χ0n) is 22.9. The number of rotatable bonds is 0. The predicted molar refractivity (Wildman–Crippen MR) is 139 cm³/mol. The van der Waals surface area contributed by atoms with E-state index in [0.29, 0.717) is 12.2 Å². The van der Waals surface area contributed by atoms with Crippen LogP contribution in [0.25, 0.3) is 4.85 Å². The summed E-state index contributed by atoms with van der Waals surface area (Å²) in [5.74, 6) is 4.19. The van der Waals surface area contributed by atoms with Crippen molar-refractivity contribution in [1.82, 2.24) is 0 Å². The first-order valence-corrected chi connectivity index (χ1v) is 13.8. The monoisotopic (exact) mass is 473 g/mol. The molecular formula is C32H43NO2. The van der Waals surface area contributed by atoms with Gasteiger partial charge in [0.25, 0.3) is 0 Å². The van der Waals surface area contributed by atoms with Gasteiger partial charge in [-0.1, -0.05) is 60.5 Å². The highest BCUT2D eigenvalue weighted by atomic mass is 16.1. The van der Waals surface area contributed by atoms with Gasteiger partial charge in [0.2, 0.25) is 5.70 Å². The molecule has 0 aromatic heterocycles. The summed E-state index contributed by atoms with van der Waals surface area (Å²) in [5.41, 5.74) is -0.704. The van der Waals surface area contributed by atoms with Gasteiger partial charge in [-0.05, 0) is 84.4 Å². The van der Waals surface area contributed by atoms with Crippen LogP contribution in [0.15, 0.2) is 11.8 Å². The second-order valence-corrected chi connectivity index (χ2v) is 15.0. The highest BCUT2D eigenvalue weighted by Crippen LogP contribution is 2.75. The zero-order chi connectivity index (χ0) is 25.8. The number of nitrogens with zero attached hydrogens (tertiary/aromatic N) is 1. The molecule has 5 aliphatic carbocycles. The standard InChI is InChI=1S/C32H43NO2/c1-10-32-15-13-27(2,3)18-20(32)25-22(34)17-24-29(6)19-21(33-9)26(35)28(4,5)23(29)11-12-30(24,7)31(25,8)14-16-32/h1,19-20,23-25H,11-18H2,2-8H3/t20-,23-,24+,25-,29-,30+,31+,32+/m0/s1. The fourth-order valence-electron chi connectivity index (χ4n) is 10.5. The van der Waals surface area contributed by atoms with Gasteiger partial charge in [-0.15, -0.1) is 6.42 Å². The van der Waals surface area contributed by atoms with E-state index < -0.39 is 5.41 Å². The Balaban J connectivity index is 1.64. The molecule has 0 aromatic rings. The Bertz CT molecular complexity index is 1110. The van der Waals surface area contributed by atoms with E-state index in [1.165, 1.54) is 0 Å². The lowest BCUT2D eigenvalue weighted by Gasteiger charge is -2.71. The maximum atomic E-state index is 14.3. The quantitative estimate of drug-likeness (QED) is 0.274. The third-order valence-electron chi connectivity index (χ3n) is 12.7. The van der Waals surface area contributed by atoms with Gasteiger partial charge < -0.3 is 4.79 Å². The molecule has 0 aliphatic heterocycles. The number of terminal acetylenes is 1.